The van der Waals surface area contributed by atoms with Crippen molar-refractivity contribution in [2.45, 2.75) is 44.6 Å². The number of pyridine rings is 1. The van der Waals surface area contributed by atoms with E-state index in [1.807, 2.05) is 37.3 Å². The van der Waals surface area contributed by atoms with Crippen LogP contribution in [-0.2, 0) is 11.3 Å². The number of halogens is 2. The number of benzene rings is 1. The van der Waals surface area contributed by atoms with Crippen molar-refractivity contribution in [3.63, 3.8) is 0 Å². The first-order valence-electron chi connectivity index (χ1n) is 9.92. The Kier molecular flexibility index (Phi) is 7.01. The van der Waals surface area contributed by atoms with Gasteiger partial charge in [0.15, 0.2) is 0 Å². The van der Waals surface area contributed by atoms with Crippen molar-refractivity contribution >= 4 is 6.09 Å². The number of carbonyl (C=O) groups is 1. The number of piperidine rings is 1. The monoisotopic (exact) mass is 404 g/mol. The van der Waals surface area contributed by atoms with Crippen LogP contribution in [0.2, 0.25) is 0 Å². The van der Waals surface area contributed by atoms with Gasteiger partial charge in [0.2, 0.25) is 5.88 Å². The second-order valence-corrected chi connectivity index (χ2v) is 7.18. The molecule has 1 unspecified atom stereocenters. The molecule has 1 fully saturated rings. The van der Waals surface area contributed by atoms with E-state index in [1.165, 1.54) is 11.1 Å². The second kappa shape index (κ2) is 9.67. The maximum Gasteiger partial charge on any atom is 0.409 e. The van der Waals surface area contributed by atoms with E-state index in [1.54, 1.807) is 12.1 Å². The molecule has 1 aliphatic rings. The molecule has 29 heavy (non-hydrogen) atoms. The van der Waals surface area contributed by atoms with E-state index in [9.17, 15) is 13.6 Å². The van der Waals surface area contributed by atoms with Crippen LogP contribution in [0.25, 0.3) is 0 Å². The molecule has 156 valence electrons. The molecule has 1 atom stereocenters. The summed E-state index contributed by atoms with van der Waals surface area (Å²) < 4.78 is 39.9. The molecule has 5 nitrogen and oxygen atoms in total. The smallest absolute Gasteiger partial charge is 0.409 e. The Labute approximate surface area is 169 Å². The minimum atomic E-state index is -2.91. The van der Waals surface area contributed by atoms with Crippen molar-refractivity contribution in [3.05, 3.63) is 59.8 Å². The molecule has 0 N–H and O–H groups in total. The molecule has 2 aromatic rings. The third-order valence-electron chi connectivity index (χ3n) is 5.00. The first-order valence-corrected chi connectivity index (χ1v) is 9.92. The first-order chi connectivity index (χ1) is 14.0. The van der Waals surface area contributed by atoms with Crippen LogP contribution in [0, 0.1) is 0 Å². The van der Waals surface area contributed by atoms with Gasteiger partial charge in [-0.2, -0.15) is 0 Å². The number of unbranched alkanes of at least 4 members (excludes halogenated alkanes) is 1. The molecule has 1 amide bonds. The van der Waals surface area contributed by atoms with E-state index in [0.717, 1.165) is 18.4 Å². The highest BCUT2D eigenvalue weighted by Crippen LogP contribution is 2.40. The molecule has 1 saturated heterocycles. The number of ether oxygens (including phenoxy) is 2. The van der Waals surface area contributed by atoms with Crippen LogP contribution in [0.15, 0.2) is 48.7 Å². The number of hydrogen-bond donors (Lipinski definition) is 0. The van der Waals surface area contributed by atoms with Crippen LogP contribution in [0.5, 0.6) is 5.88 Å². The standard InChI is InChI=1S/C22H26F2N2O3/c1-2-3-13-28-21(27)26-12-11-22(23,24)19(15-26)18-9-10-20(25-14-18)29-16-17-7-5-4-6-8-17/h4-10,14,19H,2-3,11-13,15-16H2,1H3. The van der Waals surface area contributed by atoms with Gasteiger partial charge in [-0.1, -0.05) is 49.7 Å². The zero-order chi connectivity index (χ0) is 20.7. The lowest BCUT2D eigenvalue weighted by molar-refractivity contribution is -0.0725. The zero-order valence-electron chi connectivity index (χ0n) is 16.5. The fourth-order valence-electron chi connectivity index (χ4n) is 3.23. The molecule has 3 rings (SSSR count). The van der Waals surface area contributed by atoms with Gasteiger partial charge in [0.1, 0.15) is 6.61 Å². The summed E-state index contributed by atoms with van der Waals surface area (Å²) in [5, 5.41) is 0. The van der Waals surface area contributed by atoms with E-state index in [0.29, 0.717) is 24.7 Å². The van der Waals surface area contributed by atoms with Gasteiger partial charge in [-0.3, -0.25) is 0 Å². The van der Waals surface area contributed by atoms with Gasteiger partial charge in [0.05, 0.1) is 12.5 Å². The summed E-state index contributed by atoms with van der Waals surface area (Å²) in [5.41, 5.74) is 1.38. The van der Waals surface area contributed by atoms with Gasteiger partial charge in [-0.25, -0.2) is 18.6 Å². The van der Waals surface area contributed by atoms with Gasteiger partial charge in [0.25, 0.3) is 5.92 Å². The Morgan fingerprint density at radius 1 is 1.24 bits per heavy atom. The Morgan fingerprint density at radius 3 is 2.72 bits per heavy atom. The van der Waals surface area contributed by atoms with E-state index >= 15 is 0 Å². The summed E-state index contributed by atoms with van der Waals surface area (Å²) >= 11 is 0. The topological polar surface area (TPSA) is 51.7 Å². The van der Waals surface area contributed by atoms with E-state index in [-0.39, 0.29) is 13.1 Å². The van der Waals surface area contributed by atoms with Crippen molar-refractivity contribution in [1.29, 1.82) is 0 Å². The first kappa shape index (κ1) is 21.0. The third kappa shape index (κ3) is 5.65. The Bertz CT molecular complexity index is 784. The Hall–Kier alpha value is -2.70. The number of rotatable bonds is 7. The SMILES string of the molecule is CCCCOC(=O)N1CCC(F)(F)C(c2ccc(OCc3ccccc3)nc2)C1. The van der Waals surface area contributed by atoms with E-state index in [4.69, 9.17) is 9.47 Å². The molecular weight excluding hydrogens is 378 g/mol. The maximum absolute atomic E-state index is 14.5. The molecule has 0 bridgehead atoms. The maximum atomic E-state index is 14.5. The van der Waals surface area contributed by atoms with Crippen molar-refractivity contribution in [1.82, 2.24) is 9.88 Å². The lowest BCUT2D eigenvalue weighted by atomic mass is 9.88. The minimum absolute atomic E-state index is 0.0137. The van der Waals surface area contributed by atoms with Gasteiger partial charge in [-0.15, -0.1) is 0 Å². The van der Waals surface area contributed by atoms with Crippen molar-refractivity contribution in [2.24, 2.45) is 0 Å². The summed E-state index contributed by atoms with van der Waals surface area (Å²) in [6.07, 6.45) is 2.14. The number of hydrogen-bond acceptors (Lipinski definition) is 4. The van der Waals surface area contributed by atoms with Crippen molar-refractivity contribution in [2.75, 3.05) is 19.7 Å². The van der Waals surface area contributed by atoms with Crippen molar-refractivity contribution in [3.8, 4) is 5.88 Å². The predicted molar refractivity (Wildman–Crippen MR) is 105 cm³/mol. The van der Waals surface area contributed by atoms with Crippen molar-refractivity contribution < 1.29 is 23.0 Å². The molecule has 0 radical (unpaired) electrons. The van der Waals surface area contributed by atoms with Crippen LogP contribution in [0.1, 0.15) is 43.2 Å². The summed E-state index contributed by atoms with van der Waals surface area (Å²) in [6.45, 7) is 2.54. The summed E-state index contributed by atoms with van der Waals surface area (Å²) in [6, 6.07) is 12.8. The highest BCUT2D eigenvalue weighted by Gasteiger charge is 2.46. The quantitative estimate of drug-likeness (QED) is 0.608. The molecule has 0 aliphatic carbocycles. The third-order valence-corrected chi connectivity index (χ3v) is 5.00. The molecule has 0 spiro atoms. The molecule has 1 aliphatic heterocycles. The van der Waals surface area contributed by atoms with Crippen LogP contribution in [0.3, 0.4) is 0 Å². The van der Waals surface area contributed by atoms with Crippen LogP contribution < -0.4 is 4.74 Å². The average Bonchev–Trinajstić information content (AvgIpc) is 2.73. The van der Waals surface area contributed by atoms with Gasteiger partial charge in [-0.05, 0) is 17.5 Å². The average molecular weight is 404 g/mol. The normalized spacial score (nSPS) is 18.3. The lowest BCUT2D eigenvalue weighted by Crippen LogP contribution is -2.48. The number of likely N-dealkylation sites (tertiary alicyclic amines) is 1. The van der Waals surface area contributed by atoms with Gasteiger partial charge < -0.3 is 14.4 Å². The fourth-order valence-corrected chi connectivity index (χ4v) is 3.23. The Morgan fingerprint density at radius 2 is 2.03 bits per heavy atom. The van der Waals surface area contributed by atoms with E-state index < -0.39 is 24.4 Å². The molecular formula is C22H26F2N2O3. The largest absolute Gasteiger partial charge is 0.473 e. The van der Waals surface area contributed by atoms with Crippen LogP contribution in [0.4, 0.5) is 13.6 Å². The summed E-state index contributed by atoms with van der Waals surface area (Å²) in [5.74, 6) is -3.66. The van der Waals surface area contributed by atoms with Crippen LogP contribution >= 0.6 is 0 Å². The molecule has 0 saturated carbocycles. The number of carbonyl (C=O) groups excluding carboxylic acids is 1. The number of nitrogens with zero attached hydrogens (tertiary/aromatic N) is 2. The number of amides is 1. The second-order valence-electron chi connectivity index (χ2n) is 7.18. The molecule has 1 aromatic carbocycles. The highest BCUT2D eigenvalue weighted by atomic mass is 19.3. The number of alkyl halides is 2. The summed E-state index contributed by atoms with van der Waals surface area (Å²) in [4.78, 5) is 17.7. The number of aromatic nitrogens is 1. The molecule has 2 heterocycles. The van der Waals surface area contributed by atoms with Gasteiger partial charge >= 0.3 is 6.09 Å². The lowest BCUT2D eigenvalue weighted by Gasteiger charge is -2.37. The Balaban J connectivity index is 1.62. The molecule has 7 heteroatoms. The van der Waals surface area contributed by atoms with Crippen LogP contribution in [-0.4, -0.2) is 41.6 Å². The predicted octanol–water partition coefficient (Wildman–Crippen LogP) is 5.02. The fraction of sp³-hybridized carbons (Fsp3) is 0.455. The minimum Gasteiger partial charge on any atom is -0.473 e. The molecule has 1 aromatic heterocycles. The highest BCUT2D eigenvalue weighted by molar-refractivity contribution is 5.68. The van der Waals surface area contributed by atoms with Gasteiger partial charge in [0, 0.05) is 31.8 Å². The van der Waals surface area contributed by atoms with E-state index in [2.05, 4.69) is 4.98 Å². The zero-order valence-corrected chi connectivity index (χ0v) is 16.5. The summed E-state index contributed by atoms with van der Waals surface area (Å²) in [7, 11) is 0.